The van der Waals surface area contributed by atoms with E-state index in [-0.39, 0.29) is 5.91 Å². The zero-order valence-corrected chi connectivity index (χ0v) is 14.6. The maximum atomic E-state index is 12.6. The van der Waals surface area contributed by atoms with Crippen LogP contribution in [0.4, 0.5) is 0 Å². The maximum Gasteiger partial charge on any atom is 0.276 e. The van der Waals surface area contributed by atoms with Crippen molar-refractivity contribution in [2.75, 3.05) is 32.7 Å². The first-order chi connectivity index (χ1) is 12.3. The van der Waals surface area contributed by atoms with Crippen LogP contribution in [0.15, 0.2) is 50.9 Å². The molecule has 6 nitrogen and oxygen atoms in total. The maximum absolute atomic E-state index is 12.6. The normalized spacial score (nSPS) is 15.6. The number of aromatic nitrogens is 1. The van der Waals surface area contributed by atoms with Crippen molar-refractivity contribution in [1.29, 1.82) is 0 Å². The molecule has 0 N–H and O–H groups in total. The van der Waals surface area contributed by atoms with E-state index in [0.717, 1.165) is 26.1 Å². The Morgan fingerprint density at radius 2 is 2.04 bits per heavy atom. The summed E-state index contributed by atoms with van der Waals surface area (Å²) in [7, 11) is 0. The van der Waals surface area contributed by atoms with Gasteiger partial charge >= 0.3 is 0 Å². The molecule has 0 spiro atoms. The highest BCUT2D eigenvalue weighted by molar-refractivity contribution is 7.09. The molecule has 0 bridgehead atoms. The molecule has 1 amide bonds. The van der Waals surface area contributed by atoms with E-state index in [0.29, 0.717) is 30.3 Å². The monoisotopic (exact) mass is 357 g/mol. The van der Waals surface area contributed by atoms with Crippen LogP contribution in [0.1, 0.15) is 15.4 Å². The zero-order valence-electron chi connectivity index (χ0n) is 13.8. The van der Waals surface area contributed by atoms with Gasteiger partial charge in [-0.3, -0.25) is 9.69 Å². The smallest absolute Gasteiger partial charge is 0.276 e. The third-order valence-corrected chi connectivity index (χ3v) is 5.34. The average molecular weight is 357 g/mol. The van der Waals surface area contributed by atoms with Crippen LogP contribution >= 0.6 is 11.3 Å². The highest BCUT2D eigenvalue weighted by atomic mass is 32.1. The number of furan rings is 1. The summed E-state index contributed by atoms with van der Waals surface area (Å²) in [6.07, 6.45) is 2.64. The lowest BCUT2D eigenvalue weighted by molar-refractivity contribution is 0.0628. The van der Waals surface area contributed by atoms with Crippen molar-refractivity contribution >= 4 is 17.2 Å². The molecule has 0 radical (unpaired) electrons. The molecule has 0 aliphatic carbocycles. The Bertz CT molecular complexity index is 803. The quantitative estimate of drug-likeness (QED) is 0.702. The van der Waals surface area contributed by atoms with Crippen molar-refractivity contribution in [3.05, 3.63) is 52.5 Å². The minimum Gasteiger partial charge on any atom is -0.461 e. The summed E-state index contributed by atoms with van der Waals surface area (Å²) in [4.78, 5) is 18.2. The molecule has 0 saturated carbocycles. The topological polar surface area (TPSA) is 62.7 Å². The number of rotatable bonds is 5. The van der Waals surface area contributed by atoms with E-state index < -0.39 is 0 Å². The molecule has 3 aromatic rings. The molecule has 1 saturated heterocycles. The van der Waals surface area contributed by atoms with Crippen LogP contribution in [0.5, 0.6) is 0 Å². The van der Waals surface area contributed by atoms with E-state index in [1.54, 1.807) is 35.8 Å². The van der Waals surface area contributed by atoms with Gasteiger partial charge in [0, 0.05) is 43.7 Å². The van der Waals surface area contributed by atoms with Gasteiger partial charge in [0.25, 0.3) is 5.91 Å². The van der Waals surface area contributed by atoms with Crippen LogP contribution in [0.3, 0.4) is 0 Å². The lowest BCUT2D eigenvalue weighted by Gasteiger charge is -2.34. The first kappa shape index (κ1) is 16.1. The van der Waals surface area contributed by atoms with Gasteiger partial charge in [-0.25, -0.2) is 0 Å². The van der Waals surface area contributed by atoms with Gasteiger partial charge in [-0.15, -0.1) is 11.3 Å². The van der Waals surface area contributed by atoms with Gasteiger partial charge < -0.3 is 13.8 Å². The molecule has 1 aliphatic rings. The van der Waals surface area contributed by atoms with E-state index in [4.69, 9.17) is 8.94 Å². The Morgan fingerprint density at radius 1 is 1.16 bits per heavy atom. The fourth-order valence-corrected chi connectivity index (χ4v) is 3.67. The van der Waals surface area contributed by atoms with Crippen LogP contribution in [0, 0.1) is 0 Å². The molecule has 130 valence electrons. The molecule has 4 rings (SSSR count). The van der Waals surface area contributed by atoms with Crippen LogP contribution in [0.25, 0.3) is 11.5 Å². The molecule has 0 unspecified atom stereocenters. The van der Waals surface area contributed by atoms with Gasteiger partial charge in [0.15, 0.2) is 11.5 Å². The number of nitrogens with zero attached hydrogens (tertiary/aromatic N) is 3. The van der Waals surface area contributed by atoms with Crippen molar-refractivity contribution in [2.45, 2.75) is 6.42 Å². The fourth-order valence-electron chi connectivity index (χ4n) is 2.97. The van der Waals surface area contributed by atoms with Gasteiger partial charge in [0.05, 0.1) is 6.26 Å². The summed E-state index contributed by atoms with van der Waals surface area (Å²) in [5.74, 6) is 0.965. The number of piperazine rings is 1. The van der Waals surface area contributed by atoms with Gasteiger partial charge in [-0.1, -0.05) is 11.2 Å². The van der Waals surface area contributed by atoms with Gasteiger partial charge in [0.2, 0.25) is 5.76 Å². The molecule has 25 heavy (non-hydrogen) atoms. The van der Waals surface area contributed by atoms with E-state index in [2.05, 4.69) is 27.6 Å². The van der Waals surface area contributed by atoms with Crippen molar-refractivity contribution in [1.82, 2.24) is 15.0 Å². The van der Waals surface area contributed by atoms with Crippen molar-refractivity contribution in [2.24, 2.45) is 0 Å². The standard InChI is InChI=1S/C18H19N3O3S/c22-18(15-13-17(24-19-15)16-4-1-11-23-16)21-9-7-20(8-10-21)6-5-14-3-2-12-25-14/h1-4,11-13H,5-10H2. The van der Waals surface area contributed by atoms with Gasteiger partial charge in [-0.05, 0) is 30.0 Å². The van der Waals surface area contributed by atoms with Crippen LogP contribution in [-0.2, 0) is 6.42 Å². The van der Waals surface area contributed by atoms with E-state index in [1.165, 1.54) is 4.88 Å². The summed E-state index contributed by atoms with van der Waals surface area (Å²) in [5, 5.41) is 6.01. The molecule has 0 atom stereocenters. The van der Waals surface area contributed by atoms with Crippen LogP contribution in [0.2, 0.25) is 0 Å². The Morgan fingerprint density at radius 3 is 2.76 bits per heavy atom. The third-order valence-electron chi connectivity index (χ3n) is 4.41. The van der Waals surface area contributed by atoms with Gasteiger partial charge in [0.1, 0.15) is 0 Å². The van der Waals surface area contributed by atoms with E-state index >= 15 is 0 Å². The molecule has 4 heterocycles. The summed E-state index contributed by atoms with van der Waals surface area (Å²) in [6.45, 7) is 4.24. The van der Waals surface area contributed by atoms with Gasteiger partial charge in [-0.2, -0.15) is 0 Å². The second kappa shape index (κ2) is 7.25. The highest BCUT2D eigenvalue weighted by Gasteiger charge is 2.25. The second-order valence-electron chi connectivity index (χ2n) is 6.02. The molecule has 1 aliphatic heterocycles. The lowest BCUT2D eigenvalue weighted by Crippen LogP contribution is -2.49. The average Bonchev–Trinajstić information content (AvgIpc) is 3.42. The molecule has 3 aromatic heterocycles. The summed E-state index contributed by atoms with van der Waals surface area (Å²) >= 11 is 1.80. The molecular formula is C18H19N3O3S. The zero-order chi connectivity index (χ0) is 17.1. The minimum atomic E-state index is -0.0838. The predicted octanol–water partition coefficient (Wildman–Crippen LogP) is 3.00. The first-order valence-corrected chi connectivity index (χ1v) is 9.22. The van der Waals surface area contributed by atoms with Crippen LogP contribution < -0.4 is 0 Å². The lowest BCUT2D eigenvalue weighted by atomic mass is 10.2. The summed E-state index contributed by atoms with van der Waals surface area (Å²) < 4.78 is 10.5. The molecule has 7 heteroatoms. The molecule has 0 aromatic carbocycles. The van der Waals surface area contributed by atoms with Crippen molar-refractivity contribution in [3.63, 3.8) is 0 Å². The predicted molar refractivity (Wildman–Crippen MR) is 94.6 cm³/mol. The largest absolute Gasteiger partial charge is 0.461 e. The minimum absolute atomic E-state index is 0.0838. The molecule has 1 fully saturated rings. The second-order valence-corrected chi connectivity index (χ2v) is 7.05. The Kier molecular flexibility index (Phi) is 4.67. The van der Waals surface area contributed by atoms with E-state index in [9.17, 15) is 4.79 Å². The van der Waals surface area contributed by atoms with Crippen molar-refractivity contribution < 1.29 is 13.7 Å². The van der Waals surface area contributed by atoms with Crippen molar-refractivity contribution in [3.8, 4) is 11.5 Å². The summed E-state index contributed by atoms with van der Waals surface area (Å²) in [6, 6.07) is 9.46. The van der Waals surface area contributed by atoms with Crippen LogP contribution in [-0.4, -0.2) is 53.6 Å². The number of carbonyl (C=O) groups excluding carboxylic acids is 1. The third kappa shape index (κ3) is 3.67. The number of hydrogen-bond donors (Lipinski definition) is 0. The van der Waals surface area contributed by atoms with E-state index in [1.807, 2.05) is 4.90 Å². The SMILES string of the molecule is O=C(c1cc(-c2ccco2)on1)N1CCN(CCc2cccs2)CC1. The number of amides is 1. The fraction of sp³-hybridized carbons (Fsp3) is 0.333. The number of thiophene rings is 1. The number of hydrogen-bond acceptors (Lipinski definition) is 6. The Hall–Kier alpha value is -2.38. The first-order valence-electron chi connectivity index (χ1n) is 8.34. The Balaban J connectivity index is 1.30. The summed E-state index contributed by atoms with van der Waals surface area (Å²) in [5.41, 5.74) is 0.332. The highest BCUT2D eigenvalue weighted by Crippen LogP contribution is 2.21. The Labute approximate surface area is 149 Å². The molecular weight excluding hydrogens is 338 g/mol. The number of carbonyl (C=O) groups is 1.